The normalized spacial score (nSPS) is 11.6. The Hall–Kier alpha value is -2.80. The third-order valence-electron chi connectivity index (χ3n) is 4.16. The van der Waals surface area contributed by atoms with Crippen LogP contribution in [0.4, 0.5) is 5.69 Å². The first-order valence-corrected chi connectivity index (χ1v) is 10.6. The van der Waals surface area contributed by atoms with Crippen LogP contribution in [0.5, 0.6) is 0 Å². The summed E-state index contributed by atoms with van der Waals surface area (Å²) in [5.41, 5.74) is 1.48. The van der Waals surface area contributed by atoms with Crippen molar-refractivity contribution in [2.24, 2.45) is 5.92 Å². The van der Waals surface area contributed by atoms with Crippen LogP contribution in [-0.2, 0) is 25.5 Å². The number of carbonyl (C=O) groups is 3. The van der Waals surface area contributed by atoms with Crippen LogP contribution in [0.2, 0.25) is 0 Å². The van der Waals surface area contributed by atoms with Gasteiger partial charge in [-0.2, -0.15) is 0 Å². The van der Waals surface area contributed by atoms with Gasteiger partial charge in [0.05, 0.1) is 6.42 Å². The van der Waals surface area contributed by atoms with Crippen molar-refractivity contribution in [1.82, 2.24) is 5.32 Å². The second-order valence-electron chi connectivity index (χ2n) is 6.84. The van der Waals surface area contributed by atoms with Gasteiger partial charge >= 0.3 is 5.97 Å². The van der Waals surface area contributed by atoms with Crippen molar-refractivity contribution in [1.29, 1.82) is 0 Å². The van der Waals surface area contributed by atoms with Crippen molar-refractivity contribution in [3.05, 3.63) is 60.2 Å². The van der Waals surface area contributed by atoms with Crippen molar-refractivity contribution in [2.75, 3.05) is 18.2 Å². The van der Waals surface area contributed by atoms with Crippen LogP contribution >= 0.6 is 11.8 Å². The highest BCUT2D eigenvalue weighted by atomic mass is 32.2. The summed E-state index contributed by atoms with van der Waals surface area (Å²) in [6.45, 7) is 3.20. The number of ether oxygens (including phenoxy) is 1. The molecule has 0 heterocycles. The van der Waals surface area contributed by atoms with Crippen molar-refractivity contribution in [2.45, 2.75) is 31.2 Å². The molecule has 0 saturated carbocycles. The summed E-state index contributed by atoms with van der Waals surface area (Å²) >= 11 is 1.60. The Balaban J connectivity index is 1.84. The number of thioether (sulfide) groups is 1. The molecule has 0 saturated heterocycles. The van der Waals surface area contributed by atoms with E-state index in [0.717, 1.165) is 10.5 Å². The molecule has 7 heteroatoms. The van der Waals surface area contributed by atoms with Crippen LogP contribution in [0.3, 0.4) is 0 Å². The molecular formula is C22H26N2O4S. The van der Waals surface area contributed by atoms with Crippen molar-refractivity contribution in [3.8, 4) is 0 Å². The van der Waals surface area contributed by atoms with E-state index in [2.05, 4.69) is 10.6 Å². The lowest BCUT2D eigenvalue weighted by atomic mass is 10.0. The number of hydrogen-bond acceptors (Lipinski definition) is 5. The van der Waals surface area contributed by atoms with Crippen LogP contribution < -0.4 is 10.6 Å². The summed E-state index contributed by atoms with van der Waals surface area (Å²) in [5, 5.41) is 5.38. The summed E-state index contributed by atoms with van der Waals surface area (Å²) in [5.74, 6) is -1.52. The number of benzene rings is 2. The average molecular weight is 415 g/mol. The number of rotatable bonds is 9. The molecule has 0 radical (unpaired) electrons. The van der Waals surface area contributed by atoms with E-state index in [9.17, 15) is 14.4 Å². The fourth-order valence-electron chi connectivity index (χ4n) is 2.60. The first-order chi connectivity index (χ1) is 13.9. The molecule has 0 fully saturated rings. The molecule has 2 aromatic carbocycles. The molecule has 2 aromatic rings. The van der Waals surface area contributed by atoms with E-state index < -0.39 is 24.5 Å². The van der Waals surface area contributed by atoms with Crippen LogP contribution in [0.15, 0.2) is 59.5 Å². The van der Waals surface area contributed by atoms with Crippen LogP contribution in [0.25, 0.3) is 0 Å². The monoisotopic (exact) mass is 414 g/mol. The van der Waals surface area contributed by atoms with Gasteiger partial charge in [-0.05, 0) is 42.0 Å². The topological polar surface area (TPSA) is 84.5 Å². The molecular weight excluding hydrogens is 388 g/mol. The van der Waals surface area contributed by atoms with Gasteiger partial charge in [0.15, 0.2) is 6.61 Å². The van der Waals surface area contributed by atoms with E-state index in [4.69, 9.17) is 4.74 Å². The second-order valence-corrected chi connectivity index (χ2v) is 7.72. The van der Waals surface area contributed by atoms with E-state index in [0.29, 0.717) is 5.69 Å². The molecule has 0 spiro atoms. The quantitative estimate of drug-likeness (QED) is 0.486. The molecule has 0 aliphatic rings. The smallest absolute Gasteiger partial charge is 0.329 e. The number of carbonyl (C=O) groups excluding carboxylic acids is 3. The van der Waals surface area contributed by atoms with Crippen LogP contribution in [0.1, 0.15) is 19.4 Å². The third kappa shape index (κ3) is 7.62. The minimum Gasteiger partial charge on any atom is -0.454 e. The first kappa shape index (κ1) is 22.5. The summed E-state index contributed by atoms with van der Waals surface area (Å²) < 4.78 is 5.13. The maximum absolute atomic E-state index is 12.4. The Labute approximate surface area is 175 Å². The van der Waals surface area contributed by atoms with Crippen molar-refractivity contribution >= 4 is 35.2 Å². The van der Waals surface area contributed by atoms with Gasteiger partial charge in [0.2, 0.25) is 5.91 Å². The molecule has 2 amide bonds. The van der Waals surface area contributed by atoms with Gasteiger partial charge in [-0.1, -0.05) is 44.2 Å². The molecule has 2 rings (SSSR count). The molecule has 0 aliphatic carbocycles. The van der Waals surface area contributed by atoms with Gasteiger partial charge in [-0.15, -0.1) is 11.8 Å². The molecule has 154 valence electrons. The molecule has 0 aromatic heterocycles. The van der Waals surface area contributed by atoms with E-state index in [-0.39, 0.29) is 18.2 Å². The number of amides is 2. The zero-order valence-electron chi connectivity index (χ0n) is 16.8. The zero-order chi connectivity index (χ0) is 21.2. The summed E-state index contributed by atoms with van der Waals surface area (Å²) in [7, 11) is 0. The van der Waals surface area contributed by atoms with Crippen LogP contribution in [0, 0.1) is 5.92 Å². The maximum Gasteiger partial charge on any atom is 0.329 e. The predicted molar refractivity (Wildman–Crippen MR) is 115 cm³/mol. The van der Waals surface area contributed by atoms with Crippen molar-refractivity contribution < 1.29 is 19.1 Å². The molecule has 2 N–H and O–H groups in total. The highest BCUT2D eigenvalue weighted by Gasteiger charge is 2.26. The Kier molecular flexibility index (Phi) is 8.73. The molecule has 0 bridgehead atoms. The van der Waals surface area contributed by atoms with E-state index in [1.807, 2.05) is 62.6 Å². The lowest BCUT2D eigenvalue weighted by molar-refractivity contribution is -0.151. The summed E-state index contributed by atoms with van der Waals surface area (Å²) in [6, 6.07) is 15.8. The van der Waals surface area contributed by atoms with Gasteiger partial charge in [0, 0.05) is 10.6 Å². The molecule has 1 atom stereocenters. The van der Waals surface area contributed by atoms with Gasteiger partial charge < -0.3 is 15.4 Å². The second kappa shape index (κ2) is 11.3. The first-order valence-electron chi connectivity index (χ1n) is 9.33. The minimum absolute atomic E-state index is 0.171. The Morgan fingerprint density at radius 2 is 1.62 bits per heavy atom. The van der Waals surface area contributed by atoms with Crippen LogP contribution in [-0.4, -0.2) is 36.7 Å². The Morgan fingerprint density at radius 1 is 0.966 bits per heavy atom. The standard InChI is InChI=1S/C22H26N2O4S/c1-15(2)21(24-19(25)13-16-7-5-4-6-8-16)22(27)28-14-20(26)23-17-9-11-18(29-3)12-10-17/h4-12,15,21H,13-14H2,1-3H3,(H,23,26)(H,24,25)/t21-/m0/s1. The fraction of sp³-hybridized carbons (Fsp3) is 0.318. The van der Waals surface area contributed by atoms with Gasteiger partial charge in [0.1, 0.15) is 6.04 Å². The zero-order valence-corrected chi connectivity index (χ0v) is 17.6. The fourth-order valence-corrected chi connectivity index (χ4v) is 3.01. The number of hydrogen-bond donors (Lipinski definition) is 2. The van der Waals surface area contributed by atoms with E-state index in [1.54, 1.807) is 23.9 Å². The highest BCUT2D eigenvalue weighted by molar-refractivity contribution is 7.98. The number of anilines is 1. The average Bonchev–Trinajstić information content (AvgIpc) is 2.71. The predicted octanol–water partition coefficient (Wildman–Crippen LogP) is 3.27. The lowest BCUT2D eigenvalue weighted by Crippen LogP contribution is -2.46. The number of nitrogens with one attached hydrogen (secondary N) is 2. The Morgan fingerprint density at radius 3 is 2.21 bits per heavy atom. The van der Waals surface area contributed by atoms with Gasteiger partial charge in [0.25, 0.3) is 5.91 Å². The molecule has 6 nitrogen and oxygen atoms in total. The van der Waals surface area contributed by atoms with E-state index >= 15 is 0 Å². The SMILES string of the molecule is CSc1ccc(NC(=O)COC(=O)[C@@H](NC(=O)Cc2ccccc2)C(C)C)cc1. The third-order valence-corrected chi connectivity index (χ3v) is 4.91. The molecule has 29 heavy (non-hydrogen) atoms. The number of esters is 1. The molecule has 0 aliphatic heterocycles. The largest absolute Gasteiger partial charge is 0.454 e. The highest BCUT2D eigenvalue weighted by Crippen LogP contribution is 2.17. The summed E-state index contributed by atoms with van der Waals surface area (Å²) in [4.78, 5) is 37.8. The van der Waals surface area contributed by atoms with Gasteiger partial charge in [-0.25, -0.2) is 4.79 Å². The minimum atomic E-state index is -0.820. The Bertz CT molecular complexity index is 822. The van der Waals surface area contributed by atoms with Gasteiger partial charge in [-0.3, -0.25) is 9.59 Å². The van der Waals surface area contributed by atoms with Crippen molar-refractivity contribution in [3.63, 3.8) is 0 Å². The lowest BCUT2D eigenvalue weighted by Gasteiger charge is -2.20. The summed E-state index contributed by atoms with van der Waals surface area (Å²) in [6.07, 6.45) is 2.14. The maximum atomic E-state index is 12.4. The van der Waals surface area contributed by atoms with E-state index in [1.165, 1.54) is 0 Å². The molecule has 0 unspecified atom stereocenters.